The molecule has 2 aliphatic carbocycles. The van der Waals surface area contributed by atoms with E-state index in [4.69, 9.17) is 0 Å². The second-order valence-electron chi connectivity index (χ2n) is 8.13. The molecule has 0 aliphatic heterocycles. The lowest BCUT2D eigenvalue weighted by atomic mass is 9.76. The zero-order chi connectivity index (χ0) is 15.9. The Morgan fingerprint density at radius 1 is 0.652 bits per heavy atom. The summed E-state index contributed by atoms with van der Waals surface area (Å²) in [5, 5.41) is 0. The standard InChI is InChI=1S/C22H33F/c23-22-16-14-21(15-17-22)13-12-20-10-8-19(9-11-20)7-6-18-4-2-1-3-5-18/h14-20H,1-13H2. The molecular formula is C22H33F. The van der Waals surface area contributed by atoms with E-state index in [1.165, 1.54) is 82.6 Å². The van der Waals surface area contributed by atoms with Gasteiger partial charge in [0.25, 0.3) is 0 Å². The van der Waals surface area contributed by atoms with Crippen molar-refractivity contribution in [3.05, 3.63) is 35.6 Å². The van der Waals surface area contributed by atoms with Gasteiger partial charge >= 0.3 is 0 Å². The Morgan fingerprint density at radius 2 is 1.17 bits per heavy atom. The van der Waals surface area contributed by atoms with Crippen LogP contribution in [0.1, 0.15) is 82.6 Å². The van der Waals surface area contributed by atoms with Crippen molar-refractivity contribution in [2.45, 2.75) is 83.5 Å². The molecule has 1 aromatic carbocycles. The molecule has 23 heavy (non-hydrogen) atoms. The summed E-state index contributed by atoms with van der Waals surface area (Å²) >= 11 is 0. The second kappa shape index (κ2) is 8.85. The molecule has 0 spiro atoms. The third kappa shape index (κ3) is 5.62. The van der Waals surface area contributed by atoms with Crippen LogP contribution >= 0.6 is 0 Å². The maximum atomic E-state index is 12.9. The molecule has 3 rings (SSSR count). The van der Waals surface area contributed by atoms with Crippen LogP contribution in [-0.2, 0) is 6.42 Å². The Morgan fingerprint density at radius 3 is 1.78 bits per heavy atom. The van der Waals surface area contributed by atoms with Crippen LogP contribution in [0.15, 0.2) is 24.3 Å². The van der Waals surface area contributed by atoms with Crippen LogP contribution in [0.3, 0.4) is 0 Å². The third-order valence-electron chi connectivity index (χ3n) is 6.43. The van der Waals surface area contributed by atoms with Crippen molar-refractivity contribution in [1.82, 2.24) is 0 Å². The summed E-state index contributed by atoms with van der Waals surface area (Å²) in [5.41, 5.74) is 1.30. The number of rotatable bonds is 6. The Hall–Kier alpha value is -0.850. The van der Waals surface area contributed by atoms with Gasteiger partial charge in [-0.3, -0.25) is 0 Å². The molecule has 128 valence electrons. The molecule has 2 fully saturated rings. The first-order chi connectivity index (χ1) is 11.3. The molecule has 0 bridgehead atoms. The third-order valence-corrected chi connectivity index (χ3v) is 6.43. The minimum atomic E-state index is -0.118. The van der Waals surface area contributed by atoms with E-state index in [0.717, 1.165) is 24.2 Å². The van der Waals surface area contributed by atoms with E-state index >= 15 is 0 Å². The first-order valence-corrected chi connectivity index (χ1v) is 10.0. The highest BCUT2D eigenvalue weighted by molar-refractivity contribution is 5.16. The Kier molecular flexibility index (Phi) is 6.54. The molecule has 0 amide bonds. The predicted octanol–water partition coefficient (Wildman–Crippen LogP) is 6.93. The van der Waals surface area contributed by atoms with Gasteiger partial charge in [-0.2, -0.15) is 0 Å². The molecule has 0 atom stereocenters. The zero-order valence-electron chi connectivity index (χ0n) is 14.6. The topological polar surface area (TPSA) is 0 Å². The van der Waals surface area contributed by atoms with Crippen LogP contribution in [0.2, 0.25) is 0 Å². The van der Waals surface area contributed by atoms with Crippen LogP contribution in [0.5, 0.6) is 0 Å². The summed E-state index contributed by atoms with van der Waals surface area (Å²) in [6, 6.07) is 7.09. The van der Waals surface area contributed by atoms with Gasteiger partial charge in [0.05, 0.1) is 0 Å². The average Bonchev–Trinajstić information content (AvgIpc) is 2.61. The first-order valence-electron chi connectivity index (χ1n) is 10.0. The van der Waals surface area contributed by atoms with Crippen molar-refractivity contribution in [3.8, 4) is 0 Å². The van der Waals surface area contributed by atoms with Crippen molar-refractivity contribution < 1.29 is 4.39 Å². The maximum absolute atomic E-state index is 12.9. The minimum Gasteiger partial charge on any atom is -0.207 e. The zero-order valence-corrected chi connectivity index (χ0v) is 14.6. The van der Waals surface area contributed by atoms with E-state index in [0.29, 0.717) is 0 Å². The van der Waals surface area contributed by atoms with Crippen molar-refractivity contribution in [3.63, 3.8) is 0 Å². The Balaban J connectivity index is 1.31. The van der Waals surface area contributed by atoms with Crippen molar-refractivity contribution in [2.75, 3.05) is 0 Å². The van der Waals surface area contributed by atoms with Crippen molar-refractivity contribution in [1.29, 1.82) is 0 Å². The lowest BCUT2D eigenvalue weighted by Crippen LogP contribution is -2.16. The summed E-state index contributed by atoms with van der Waals surface area (Å²) < 4.78 is 12.9. The summed E-state index contributed by atoms with van der Waals surface area (Å²) in [7, 11) is 0. The lowest BCUT2D eigenvalue weighted by molar-refractivity contribution is 0.229. The van der Waals surface area contributed by atoms with Crippen LogP contribution in [0, 0.1) is 23.6 Å². The van der Waals surface area contributed by atoms with Gasteiger partial charge in [0.2, 0.25) is 0 Å². The van der Waals surface area contributed by atoms with E-state index in [1.807, 2.05) is 12.1 Å². The fourth-order valence-electron chi connectivity index (χ4n) is 4.78. The molecule has 0 nitrogen and oxygen atoms in total. The largest absolute Gasteiger partial charge is 0.207 e. The molecule has 1 aromatic rings. The van der Waals surface area contributed by atoms with Gasteiger partial charge < -0.3 is 0 Å². The van der Waals surface area contributed by atoms with Gasteiger partial charge in [-0.25, -0.2) is 4.39 Å². The van der Waals surface area contributed by atoms with Gasteiger partial charge in [0, 0.05) is 0 Å². The van der Waals surface area contributed by atoms with Crippen LogP contribution in [0.25, 0.3) is 0 Å². The fraction of sp³-hybridized carbons (Fsp3) is 0.727. The highest BCUT2D eigenvalue weighted by Gasteiger charge is 2.22. The van der Waals surface area contributed by atoms with Crippen LogP contribution < -0.4 is 0 Å². The SMILES string of the molecule is Fc1ccc(CCC2CCC(CCC3CCCCC3)CC2)cc1. The average molecular weight is 317 g/mol. The molecular weight excluding hydrogens is 283 g/mol. The lowest BCUT2D eigenvalue weighted by Gasteiger charge is -2.30. The maximum Gasteiger partial charge on any atom is 0.123 e. The predicted molar refractivity (Wildman–Crippen MR) is 96.0 cm³/mol. The van der Waals surface area contributed by atoms with E-state index in [1.54, 1.807) is 12.1 Å². The first kappa shape index (κ1) is 17.0. The highest BCUT2D eigenvalue weighted by atomic mass is 19.1. The molecule has 2 aliphatic rings. The molecule has 0 saturated heterocycles. The quantitative estimate of drug-likeness (QED) is 0.534. The monoisotopic (exact) mass is 316 g/mol. The summed E-state index contributed by atoms with van der Waals surface area (Å²) in [6.45, 7) is 0. The van der Waals surface area contributed by atoms with E-state index in [2.05, 4.69) is 0 Å². The number of benzene rings is 1. The number of hydrogen-bond donors (Lipinski definition) is 0. The van der Waals surface area contributed by atoms with Crippen LogP contribution in [-0.4, -0.2) is 0 Å². The van der Waals surface area contributed by atoms with Crippen molar-refractivity contribution >= 4 is 0 Å². The number of hydrogen-bond acceptors (Lipinski definition) is 0. The minimum absolute atomic E-state index is 0.118. The van der Waals surface area contributed by atoms with Gasteiger partial charge in [0.1, 0.15) is 5.82 Å². The molecule has 0 heterocycles. The number of aryl methyl sites for hydroxylation is 1. The van der Waals surface area contributed by atoms with E-state index in [-0.39, 0.29) is 5.82 Å². The van der Waals surface area contributed by atoms with E-state index in [9.17, 15) is 4.39 Å². The molecule has 1 heteroatoms. The molecule has 0 radical (unpaired) electrons. The Labute approximate surface area is 141 Å². The van der Waals surface area contributed by atoms with Gasteiger partial charge in [-0.15, -0.1) is 0 Å². The van der Waals surface area contributed by atoms with Gasteiger partial charge in [-0.05, 0) is 48.3 Å². The molecule has 0 aromatic heterocycles. The fourth-order valence-corrected chi connectivity index (χ4v) is 4.78. The van der Waals surface area contributed by atoms with E-state index < -0.39 is 0 Å². The van der Waals surface area contributed by atoms with Gasteiger partial charge in [-0.1, -0.05) is 82.8 Å². The normalized spacial score (nSPS) is 26.3. The second-order valence-corrected chi connectivity index (χ2v) is 8.13. The smallest absolute Gasteiger partial charge is 0.123 e. The van der Waals surface area contributed by atoms with Crippen LogP contribution in [0.4, 0.5) is 4.39 Å². The summed E-state index contributed by atoms with van der Waals surface area (Å²) in [5.74, 6) is 2.86. The summed E-state index contributed by atoms with van der Waals surface area (Å²) in [4.78, 5) is 0. The molecule has 0 N–H and O–H groups in total. The molecule has 0 unspecified atom stereocenters. The van der Waals surface area contributed by atoms with Gasteiger partial charge in [0.15, 0.2) is 0 Å². The molecule has 2 saturated carbocycles. The van der Waals surface area contributed by atoms with Crippen molar-refractivity contribution in [2.24, 2.45) is 17.8 Å². The number of halogens is 1. The summed E-state index contributed by atoms with van der Waals surface area (Å²) in [6.07, 6.45) is 18.7. The highest BCUT2D eigenvalue weighted by Crippen LogP contribution is 2.36. The Bertz CT molecular complexity index is 436.